The van der Waals surface area contributed by atoms with Crippen molar-refractivity contribution < 1.29 is 5.11 Å². The number of fused-ring (bicyclic) bond motifs is 3. The molecule has 0 saturated carbocycles. The van der Waals surface area contributed by atoms with E-state index in [2.05, 4.69) is 29.6 Å². The van der Waals surface area contributed by atoms with Crippen LogP contribution >= 0.6 is 0 Å². The molecule has 1 fully saturated rings. The second kappa shape index (κ2) is 5.39. The third kappa shape index (κ3) is 2.25. The number of aliphatic hydroxyl groups excluding tert-OH is 1. The zero-order valence-corrected chi connectivity index (χ0v) is 12.3. The number of aryl methyl sites for hydroxylation is 1. The summed E-state index contributed by atoms with van der Waals surface area (Å²) in [6, 6.07) is 8.63. The topological polar surface area (TPSA) is 45.2 Å². The Morgan fingerprint density at radius 3 is 2.57 bits per heavy atom. The maximum Gasteiger partial charge on any atom is 0.0963 e. The summed E-state index contributed by atoms with van der Waals surface area (Å²) in [7, 11) is 0. The van der Waals surface area contributed by atoms with Crippen LogP contribution in [0, 0.1) is 0 Å². The number of aromatic nitrogens is 1. The standard InChI is InChI=1S/C18H22N2O/c21-16-7-3-6-15-13-4-1-2-5-14(13)17(20-18(15)16)12-8-10-19-11-9-12/h1-2,4-5,12,16,19,21H,3,6-11H2. The van der Waals surface area contributed by atoms with Gasteiger partial charge in [0.15, 0.2) is 0 Å². The van der Waals surface area contributed by atoms with E-state index in [-0.39, 0.29) is 6.10 Å². The van der Waals surface area contributed by atoms with Gasteiger partial charge in [0.2, 0.25) is 0 Å². The lowest BCUT2D eigenvalue weighted by Gasteiger charge is -2.28. The van der Waals surface area contributed by atoms with Gasteiger partial charge >= 0.3 is 0 Å². The van der Waals surface area contributed by atoms with Gasteiger partial charge in [-0.25, -0.2) is 0 Å². The number of nitrogens with zero attached hydrogens (tertiary/aromatic N) is 1. The van der Waals surface area contributed by atoms with Crippen molar-refractivity contribution in [1.82, 2.24) is 10.3 Å². The number of nitrogens with one attached hydrogen (secondary N) is 1. The molecule has 1 aromatic carbocycles. The molecule has 0 radical (unpaired) electrons. The quantitative estimate of drug-likeness (QED) is 0.845. The van der Waals surface area contributed by atoms with Gasteiger partial charge in [-0.1, -0.05) is 24.3 Å². The van der Waals surface area contributed by atoms with E-state index in [9.17, 15) is 5.11 Å². The molecule has 1 atom stereocenters. The van der Waals surface area contributed by atoms with Crippen molar-refractivity contribution in [3.8, 4) is 0 Å². The lowest BCUT2D eigenvalue weighted by atomic mass is 9.85. The summed E-state index contributed by atoms with van der Waals surface area (Å²) in [4.78, 5) is 4.97. The number of rotatable bonds is 1. The minimum Gasteiger partial charge on any atom is -0.387 e. The number of pyridine rings is 1. The molecule has 2 N–H and O–H groups in total. The smallest absolute Gasteiger partial charge is 0.0963 e. The van der Waals surface area contributed by atoms with Gasteiger partial charge in [-0.3, -0.25) is 4.98 Å². The van der Waals surface area contributed by atoms with Crippen LogP contribution in [-0.4, -0.2) is 23.2 Å². The van der Waals surface area contributed by atoms with E-state index in [1.807, 2.05) is 0 Å². The Balaban J connectivity index is 1.93. The maximum atomic E-state index is 10.4. The van der Waals surface area contributed by atoms with E-state index < -0.39 is 0 Å². The lowest BCUT2D eigenvalue weighted by Crippen LogP contribution is -2.27. The van der Waals surface area contributed by atoms with E-state index in [1.165, 1.54) is 22.0 Å². The van der Waals surface area contributed by atoms with Crippen LogP contribution in [0.1, 0.15) is 54.7 Å². The van der Waals surface area contributed by atoms with Crippen LogP contribution in [0.4, 0.5) is 0 Å². The first kappa shape index (κ1) is 13.2. The molecule has 4 rings (SSSR count). The van der Waals surface area contributed by atoms with Crippen LogP contribution in [0.2, 0.25) is 0 Å². The lowest BCUT2D eigenvalue weighted by molar-refractivity contribution is 0.151. The number of piperidine rings is 1. The third-order valence-corrected chi connectivity index (χ3v) is 5.02. The molecule has 3 nitrogen and oxygen atoms in total. The largest absolute Gasteiger partial charge is 0.387 e. The molecular weight excluding hydrogens is 260 g/mol. The SMILES string of the molecule is OC1CCCc2c1nc(C1CCNCC1)c1ccccc21. The summed E-state index contributed by atoms with van der Waals surface area (Å²) in [6.45, 7) is 2.14. The van der Waals surface area contributed by atoms with Crippen molar-refractivity contribution in [3.05, 3.63) is 41.2 Å². The van der Waals surface area contributed by atoms with Crippen LogP contribution in [0.25, 0.3) is 10.8 Å². The fourth-order valence-corrected chi connectivity index (χ4v) is 3.92. The summed E-state index contributed by atoms with van der Waals surface area (Å²) >= 11 is 0. The first-order chi connectivity index (χ1) is 10.3. The average molecular weight is 282 g/mol. The van der Waals surface area contributed by atoms with E-state index >= 15 is 0 Å². The molecular formula is C18H22N2O. The van der Waals surface area contributed by atoms with Gasteiger partial charge in [0.1, 0.15) is 0 Å². The van der Waals surface area contributed by atoms with E-state index in [1.54, 1.807) is 0 Å². The van der Waals surface area contributed by atoms with Crippen LogP contribution in [0.5, 0.6) is 0 Å². The number of aliphatic hydroxyl groups is 1. The van der Waals surface area contributed by atoms with Crippen molar-refractivity contribution in [1.29, 1.82) is 0 Å². The Labute approximate surface area is 125 Å². The molecule has 0 spiro atoms. The molecule has 0 bridgehead atoms. The molecule has 1 unspecified atom stereocenters. The van der Waals surface area contributed by atoms with Crippen molar-refractivity contribution in [2.45, 2.75) is 44.1 Å². The summed E-state index contributed by atoms with van der Waals surface area (Å²) in [5.41, 5.74) is 3.45. The molecule has 1 aliphatic carbocycles. The third-order valence-electron chi connectivity index (χ3n) is 5.02. The van der Waals surface area contributed by atoms with Gasteiger partial charge < -0.3 is 10.4 Å². The molecule has 2 heterocycles. The van der Waals surface area contributed by atoms with Gasteiger partial charge in [-0.2, -0.15) is 0 Å². The molecule has 1 aliphatic heterocycles. The Hall–Kier alpha value is -1.45. The summed E-state index contributed by atoms with van der Waals surface area (Å²) < 4.78 is 0. The Morgan fingerprint density at radius 1 is 1.00 bits per heavy atom. The van der Waals surface area contributed by atoms with Crippen LogP contribution in [0.15, 0.2) is 24.3 Å². The van der Waals surface area contributed by atoms with E-state index in [4.69, 9.17) is 4.98 Å². The number of benzene rings is 1. The average Bonchev–Trinajstić information content (AvgIpc) is 2.55. The van der Waals surface area contributed by atoms with Crippen LogP contribution < -0.4 is 5.32 Å². The van der Waals surface area contributed by atoms with Crippen molar-refractivity contribution in [3.63, 3.8) is 0 Å². The van der Waals surface area contributed by atoms with Crippen molar-refractivity contribution >= 4 is 10.8 Å². The molecule has 2 aliphatic rings. The number of hydrogen-bond acceptors (Lipinski definition) is 3. The van der Waals surface area contributed by atoms with Crippen molar-refractivity contribution in [2.75, 3.05) is 13.1 Å². The molecule has 1 saturated heterocycles. The molecule has 21 heavy (non-hydrogen) atoms. The second-order valence-electron chi connectivity index (χ2n) is 6.34. The predicted octanol–water partition coefficient (Wildman–Crippen LogP) is 3.07. The van der Waals surface area contributed by atoms with E-state index in [0.29, 0.717) is 5.92 Å². The van der Waals surface area contributed by atoms with Gasteiger partial charge in [0.05, 0.1) is 17.5 Å². The number of hydrogen-bond donors (Lipinski definition) is 2. The highest BCUT2D eigenvalue weighted by atomic mass is 16.3. The first-order valence-electron chi connectivity index (χ1n) is 8.15. The fraction of sp³-hybridized carbons (Fsp3) is 0.500. The fourth-order valence-electron chi connectivity index (χ4n) is 3.92. The monoisotopic (exact) mass is 282 g/mol. The van der Waals surface area contributed by atoms with Crippen LogP contribution in [0.3, 0.4) is 0 Å². The highest BCUT2D eigenvalue weighted by Gasteiger charge is 2.26. The van der Waals surface area contributed by atoms with Crippen LogP contribution in [-0.2, 0) is 6.42 Å². The first-order valence-corrected chi connectivity index (χ1v) is 8.15. The summed E-state index contributed by atoms with van der Waals surface area (Å²) in [6.07, 6.45) is 4.87. The summed E-state index contributed by atoms with van der Waals surface area (Å²) in [5, 5.41) is 16.4. The zero-order chi connectivity index (χ0) is 14.2. The normalized spacial score (nSPS) is 23.2. The van der Waals surface area contributed by atoms with Gasteiger partial charge in [-0.15, -0.1) is 0 Å². The van der Waals surface area contributed by atoms with Gasteiger partial charge in [0.25, 0.3) is 0 Å². The molecule has 110 valence electrons. The Kier molecular flexibility index (Phi) is 3.40. The summed E-state index contributed by atoms with van der Waals surface area (Å²) in [5.74, 6) is 0.524. The predicted molar refractivity (Wildman–Crippen MR) is 84.5 cm³/mol. The van der Waals surface area contributed by atoms with Gasteiger partial charge in [-0.05, 0) is 56.1 Å². The Bertz CT molecular complexity index is 662. The molecule has 3 heteroatoms. The van der Waals surface area contributed by atoms with Crippen molar-refractivity contribution in [2.24, 2.45) is 0 Å². The van der Waals surface area contributed by atoms with E-state index in [0.717, 1.165) is 50.9 Å². The Morgan fingerprint density at radius 2 is 1.76 bits per heavy atom. The highest BCUT2D eigenvalue weighted by Crippen LogP contribution is 2.38. The molecule has 0 amide bonds. The van der Waals surface area contributed by atoms with Gasteiger partial charge in [0, 0.05) is 11.3 Å². The molecule has 1 aromatic heterocycles. The molecule has 2 aromatic rings. The second-order valence-corrected chi connectivity index (χ2v) is 6.34. The highest BCUT2D eigenvalue weighted by molar-refractivity contribution is 5.89. The maximum absolute atomic E-state index is 10.4. The zero-order valence-electron chi connectivity index (χ0n) is 12.3. The minimum atomic E-state index is -0.376. The minimum absolute atomic E-state index is 0.376.